The Labute approximate surface area is 131 Å². The molecule has 0 fully saturated rings. The molecule has 3 nitrogen and oxygen atoms in total. The topological polar surface area (TPSA) is 41.1 Å². The van der Waals surface area contributed by atoms with Crippen LogP contribution in [0.25, 0.3) is 0 Å². The van der Waals surface area contributed by atoms with Crippen molar-refractivity contribution in [1.82, 2.24) is 0 Å². The summed E-state index contributed by atoms with van der Waals surface area (Å²) in [5.41, 5.74) is 1.45. The van der Waals surface area contributed by atoms with E-state index in [-0.39, 0.29) is 5.91 Å². The first kappa shape index (κ1) is 15.0. The minimum Gasteiger partial charge on any atom is -0.387 e. The second-order valence-corrected chi connectivity index (χ2v) is 5.24. The van der Waals surface area contributed by atoms with Crippen LogP contribution in [0.5, 0.6) is 0 Å². The molecule has 0 aliphatic rings. The highest BCUT2D eigenvalue weighted by atomic mass is 35.5. The third-order valence-electron chi connectivity index (χ3n) is 2.70. The molecule has 2 aromatic carbocycles. The van der Waals surface area contributed by atoms with Crippen LogP contribution < -0.4 is 10.6 Å². The highest BCUT2D eigenvalue weighted by molar-refractivity contribution is 6.40. The molecule has 0 aliphatic carbocycles. The number of rotatable bonds is 3. The van der Waals surface area contributed by atoms with E-state index in [1.807, 2.05) is 0 Å². The lowest BCUT2D eigenvalue weighted by Gasteiger charge is -2.12. The van der Waals surface area contributed by atoms with E-state index in [1.165, 1.54) is 0 Å². The van der Waals surface area contributed by atoms with E-state index < -0.39 is 0 Å². The second-order valence-electron chi connectivity index (χ2n) is 3.99. The minimum absolute atomic E-state index is 0.341. The molecule has 0 heterocycles. The molecule has 0 unspecified atom stereocenters. The fourth-order valence-electron chi connectivity index (χ4n) is 1.72. The molecule has 2 aromatic rings. The second kappa shape index (κ2) is 6.35. The standard InChI is InChI=1S/C14H11Cl3N2O/c1-18-12-6-5-8(15)7-9(12)14(20)19-13-10(16)3-2-4-11(13)17/h2-7,18H,1H3,(H,19,20). The number of anilines is 2. The molecule has 6 heteroatoms. The van der Waals surface area contributed by atoms with Crippen molar-refractivity contribution in [3.63, 3.8) is 0 Å². The number of carbonyl (C=O) groups excluding carboxylic acids is 1. The molecule has 20 heavy (non-hydrogen) atoms. The summed E-state index contributed by atoms with van der Waals surface area (Å²) in [6.45, 7) is 0. The molecule has 2 rings (SSSR count). The molecular formula is C14H11Cl3N2O. The van der Waals surface area contributed by atoms with E-state index in [1.54, 1.807) is 43.4 Å². The summed E-state index contributed by atoms with van der Waals surface area (Å²) in [4.78, 5) is 12.3. The van der Waals surface area contributed by atoms with Gasteiger partial charge in [0.25, 0.3) is 5.91 Å². The largest absolute Gasteiger partial charge is 0.387 e. The van der Waals surface area contributed by atoms with Gasteiger partial charge in [0.05, 0.1) is 21.3 Å². The Balaban J connectivity index is 2.35. The number of nitrogens with one attached hydrogen (secondary N) is 2. The van der Waals surface area contributed by atoms with E-state index in [9.17, 15) is 4.79 Å². The van der Waals surface area contributed by atoms with E-state index >= 15 is 0 Å². The maximum absolute atomic E-state index is 12.3. The molecule has 0 saturated carbocycles. The maximum atomic E-state index is 12.3. The van der Waals surface area contributed by atoms with Gasteiger partial charge in [0.1, 0.15) is 0 Å². The van der Waals surface area contributed by atoms with Crippen LogP contribution in [0.1, 0.15) is 10.4 Å². The Morgan fingerprint density at radius 2 is 1.70 bits per heavy atom. The highest BCUT2D eigenvalue weighted by Gasteiger charge is 2.15. The van der Waals surface area contributed by atoms with E-state index in [4.69, 9.17) is 34.8 Å². The van der Waals surface area contributed by atoms with E-state index in [0.29, 0.717) is 32.0 Å². The number of halogens is 3. The fourth-order valence-corrected chi connectivity index (χ4v) is 2.38. The number of hydrogen-bond donors (Lipinski definition) is 2. The minimum atomic E-state index is -0.341. The van der Waals surface area contributed by atoms with Crippen LogP contribution in [0.2, 0.25) is 15.1 Å². The number of carbonyl (C=O) groups is 1. The quantitative estimate of drug-likeness (QED) is 0.837. The van der Waals surface area contributed by atoms with Gasteiger partial charge in [0.2, 0.25) is 0 Å². The van der Waals surface area contributed by atoms with Crippen molar-refractivity contribution in [1.29, 1.82) is 0 Å². The van der Waals surface area contributed by atoms with Crippen LogP contribution in [-0.2, 0) is 0 Å². The Morgan fingerprint density at radius 3 is 2.30 bits per heavy atom. The van der Waals surface area contributed by atoms with Crippen molar-refractivity contribution in [2.45, 2.75) is 0 Å². The lowest BCUT2D eigenvalue weighted by Crippen LogP contribution is -2.14. The molecular weight excluding hydrogens is 319 g/mol. The Bertz CT molecular complexity index is 639. The van der Waals surface area contributed by atoms with Crippen LogP contribution in [0.3, 0.4) is 0 Å². The lowest BCUT2D eigenvalue weighted by molar-refractivity contribution is 0.102. The van der Waals surface area contributed by atoms with Crippen LogP contribution in [-0.4, -0.2) is 13.0 Å². The molecule has 0 spiro atoms. The Kier molecular flexibility index (Phi) is 4.76. The van der Waals surface area contributed by atoms with E-state index in [0.717, 1.165) is 0 Å². The van der Waals surface area contributed by atoms with Gasteiger partial charge in [0.15, 0.2) is 0 Å². The first-order valence-corrected chi connectivity index (χ1v) is 6.89. The third-order valence-corrected chi connectivity index (χ3v) is 3.56. The smallest absolute Gasteiger partial charge is 0.257 e. The van der Waals surface area contributed by atoms with Crippen LogP contribution in [0.4, 0.5) is 11.4 Å². The molecule has 0 radical (unpaired) electrons. The summed E-state index contributed by atoms with van der Waals surface area (Å²) in [6.07, 6.45) is 0. The summed E-state index contributed by atoms with van der Waals surface area (Å²) in [5, 5.41) is 6.85. The van der Waals surface area contributed by atoms with Gasteiger partial charge < -0.3 is 10.6 Å². The van der Waals surface area contributed by atoms with Gasteiger partial charge in [0, 0.05) is 17.8 Å². The average Bonchev–Trinajstić information content (AvgIpc) is 2.43. The summed E-state index contributed by atoms with van der Waals surface area (Å²) in [6, 6.07) is 10.0. The molecule has 0 saturated heterocycles. The summed E-state index contributed by atoms with van der Waals surface area (Å²) in [7, 11) is 1.72. The summed E-state index contributed by atoms with van der Waals surface area (Å²) in [5.74, 6) is -0.341. The number of para-hydroxylation sites is 1. The van der Waals surface area contributed by atoms with Crippen molar-refractivity contribution < 1.29 is 4.79 Å². The van der Waals surface area contributed by atoms with Crippen molar-refractivity contribution in [2.24, 2.45) is 0 Å². The zero-order valence-electron chi connectivity index (χ0n) is 10.5. The molecule has 0 bridgehead atoms. The predicted octanol–water partition coefficient (Wildman–Crippen LogP) is 4.94. The van der Waals surface area contributed by atoms with Crippen LogP contribution in [0.15, 0.2) is 36.4 Å². The monoisotopic (exact) mass is 328 g/mol. The molecule has 0 atom stereocenters. The first-order chi connectivity index (χ1) is 9.52. The van der Waals surface area contributed by atoms with Gasteiger partial charge in [-0.15, -0.1) is 0 Å². The fraction of sp³-hybridized carbons (Fsp3) is 0.0714. The van der Waals surface area contributed by atoms with Gasteiger partial charge in [-0.3, -0.25) is 4.79 Å². The van der Waals surface area contributed by atoms with Gasteiger partial charge in [-0.1, -0.05) is 40.9 Å². The van der Waals surface area contributed by atoms with E-state index in [2.05, 4.69) is 10.6 Å². The van der Waals surface area contributed by atoms with Crippen molar-refractivity contribution in [2.75, 3.05) is 17.7 Å². The van der Waals surface area contributed by atoms with Crippen molar-refractivity contribution >= 4 is 52.1 Å². The Hall–Kier alpha value is -1.42. The SMILES string of the molecule is CNc1ccc(Cl)cc1C(=O)Nc1c(Cl)cccc1Cl. The van der Waals surface area contributed by atoms with Gasteiger partial charge >= 0.3 is 0 Å². The Morgan fingerprint density at radius 1 is 1.05 bits per heavy atom. The number of amides is 1. The summed E-state index contributed by atoms with van der Waals surface area (Å²) < 4.78 is 0. The zero-order valence-corrected chi connectivity index (χ0v) is 12.8. The zero-order chi connectivity index (χ0) is 14.7. The van der Waals surface area contributed by atoms with Crippen LogP contribution in [0, 0.1) is 0 Å². The summed E-state index contributed by atoms with van der Waals surface area (Å²) >= 11 is 18.0. The molecule has 1 amide bonds. The first-order valence-electron chi connectivity index (χ1n) is 5.75. The lowest BCUT2D eigenvalue weighted by atomic mass is 10.1. The molecule has 0 aromatic heterocycles. The normalized spacial score (nSPS) is 10.2. The average molecular weight is 330 g/mol. The highest BCUT2D eigenvalue weighted by Crippen LogP contribution is 2.31. The third kappa shape index (κ3) is 3.18. The van der Waals surface area contributed by atoms with Crippen LogP contribution >= 0.6 is 34.8 Å². The number of benzene rings is 2. The maximum Gasteiger partial charge on any atom is 0.257 e. The molecule has 0 aliphatic heterocycles. The molecule has 104 valence electrons. The van der Waals surface area contributed by atoms with Crippen molar-refractivity contribution in [3.05, 3.63) is 57.0 Å². The van der Waals surface area contributed by atoms with Gasteiger partial charge in [-0.2, -0.15) is 0 Å². The van der Waals surface area contributed by atoms with Gasteiger partial charge in [-0.05, 0) is 30.3 Å². The van der Waals surface area contributed by atoms with Crippen molar-refractivity contribution in [3.8, 4) is 0 Å². The van der Waals surface area contributed by atoms with Gasteiger partial charge in [-0.25, -0.2) is 0 Å². The number of hydrogen-bond acceptors (Lipinski definition) is 2. The molecule has 2 N–H and O–H groups in total. The predicted molar refractivity (Wildman–Crippen MR) is 85.4 cm³/mol.